The SMILES string of the molecule is CC(C)(C)OC(=O)N1CC2(COC2)CC1(C)C(=O)O. The number of rotatable bonds is 1. The van der Waals surface area contributed by atoms with E-state index in [2.05, 4.69) is 0 Å². The Morgan fingerprint density at radius 1 is 1.32 bits per heavy atom. The molecule has 1 unspecified atom stereocenters. The molecular weight excluding hydrogens is 250 g/mol. The predicted molar refractivity (Wildman–Crippen MR) is 66.8 cm³/mol. The van der Waals surface area contributed by atoms with Gasteiger partial charge in [-0.05, 0) is 34.1 Å². The van der Waals surface area contributed by atoms with Gasteiger partial charge in [0.1, 0.15) is 11.1 Å². The van der Waals surface area contributed by atoms with Crippen LogP contribution in [0.4, 0.5) is 4.79 Å². The molecule has 2 fully saturated rings. The van der Waals surface area contributed by atoms with Crippen LogP contribution in [-0.4, -0.2) is 53.0 Å². The molecule has 0 aromatic rings. The van der Waals surface area contributed by atoms with Crippen LogP contribution in [0.1, 0.15) is 34.1 Å². The monoisotopic (exact) mass is 271 g/mol. The van der Waals surface area contributed by atoms with Crippen molar-refractivity contribution in [3.05, 3.63) is 0 Å². The fourth-order valence-electron chi connectivity index (χ4n) is 2.75. The lowest BCUT2D eigenvalue weighted by molar-refractivity contribution is -0.149. The van der Waals surface area contributed by atoms with Gasteiger partial charge >= 0.3 is 12.1 Å². The fraction of sp³-hybridized carbons (Fsp3) is 0.846. The lowest BCUT2D eigenvalue weighted by Gasteiger charge is -2.37. The van der Waals surface area contributed by atoms with E-state index in [1.54, 1.807) is 27.7 Å². The summed E-state index contributed by atoms with van der Waals surface area (Å²) in [5.41, 5.74) is -2.07. The van der Waals surface area contributed by atoms with Gasteiger partial charge in [-0.25, -0.2) is 9.59 Å². The number of carbonyl (C=O) groups is 2. The van der Waals surface area contributed by atoms with Crippen LogP contribution in [0.3, 0.4) is 0 Å². The second-order valence-electron chi connectivity index (χ2n) is 6.82. The van der Waals surface area contributed by atoms with E-state index in [4.69, 9.17) is 9.47 Å². The average Bonchev–Trinajstić information content (AvgIpc) is 2.51. The van der Waals surface area contributed by atoms with Crippen molar-refractivity contribution in [2.45, 2.75) is 45.3 Å². The number of likely N-dealkylation sites (tertiary alicyclic amines) is 1. The molecule has 1 amide bonds. The first-order chi connectivity index (χ1) is 8.58. The minimum atomic E-state index is -1.22. The molecule has 2 aliphatic rings. The highest BCUT2D eigenvalue weighted by atomic mass is 16.6. The van der Waals surface area contributed by atoms with Crippen molar-refractivity contribution < 1.29 is 24.2 Å². The minimum absolute atomic E-state index is 0.218. The topological polar surface area (TPSA) is 76.1 Å². The highest BCUT2D eigenvalue weighted by molar-refractivity contribution is 5.85. The summed E-state index contributed by atoms with van der Waals surface area (Å²) in [6.45, 7) is 8.27. The van der Waals surface area contributed by atoms with Gasteiger partial charge in [-0.1, -0.05) is 0 Å². The van der Waals surface area contributed by atoms with E-state index in [0.717, 1.165) is 0 Å². The van der Waals surface area contributed by atoms with Gasteiger partial charge in [-0.2, -0.15) is 0 Å². The predicted octanol–water partition coefficient (Wildman–Crippen LogP) is 1.49. The van der Waals surface area contributed by atoms with E-state index >= 15 is 0 Å². The van der Waals surface area contributed by atoms with Crippen LogP contribution in [0.2, 0.25) is 0 Å². The standard InChI is InChI=1S/C13H21NO5/c1-11(2,3)19-10(17)14-6-13(7-18-8-13)5-12(14,4)9(15)16/h5-8H2,1-4H3,(H,15,16). The molecule has 0 aliphatic carbocycles. The molecule has 108 valence electrons. The first-order valence-electron chi connectivity index (χ1n) is 6.40. The number of nitrogens with zero attached hydrogens (tertiary/aromatic N) is 1. The van der Waals surface area contributed by atoms with E-state index in [0.29, 0.717) is 26.2 Å². The number of carboxylic acid groups (broad SMARTS) is 1. The van der Waals surface area contributed by atoms with Crippen molar-refractivity contribution in [2.24, 2.45) is 5.41 Å². The zero-order valence-corrected chi connectivity index (χ0v) is 11.9. The number of aliphatic carboxylic acids is 1. The Bertz CT molecular complexity index is 410. The normalized spacial score (nSPS) is 29.2. The van der Waals surface area contributed by atoms with E-state index in [1.807, 2.05) is 0 Å². The number of ether oxygens (including phenoxy) is 2. The smallest absolute Gasteiger partial charge is 0.411 e. The Morgan fingerprint density at radius 2 is 1.89 bits per heavy atom. The Labute approximate surface area is 112 Å². The van der Waals surface area contributed by atoms with Gasteiger partial charge in [0.25, 0.3) is 0 Å². The summed E-state index contributed by atoms with van der Waals surface area (Å²) < 4.78 is 10.5. The third-order valence-electron chi connectivity index (χ3n) is 3.70. The molecule has 2 aliphatic heterocycles. The van der Waals surface area contributed by atoms with Crippen molar-refractivity contribution in [3.8, 4) is 0 Å². The molecule has 1 spiro atoms. The molecule has 0 saturated carbocycles. The average molecular weight is 271 g/mol. The number of amides is 1. The molecule has 1 N–H and O–H groups in total. The van der Waals surface area contributed by atoms with Gasteiger partial charge in [0.05, 0.1) is 13.2 Å². The lowest BCUT2D eigenvalue weighted by Crippen LogP contribution is -2.52. The van der Waals surface area contributed by atoms with Crippen LogP contribution in [0.5, 0.6) is 0 Å². The van der Waals surface area contributed by atoms with Gasteiger partial charge in [-0.3, -0.25) is 4.90 Å². The summed E-state index contributed by atoms with van der Waals surface area (Å²) in [6.07, 6.45) is -0.157. The van der Waals surface area contributed by atoms with Gasteiger partial charge in [0.15, 0.2) is 0 Å². The lowest BCUT2D eigenvalue weighted by atomic mass is 9.80. The molecule has 0 aromatic carbocycles. The largest absolute Gasteiger partial charge is 0.480 e. The number of carboxylic acids is 1. The van der Waals surface area contributed by atoms with Gasteiger partial charge in [-0.15, -0.1) is 0 Å². The van der Waals surface area contributed by atoms with Crippen LogP contribution in [0, 0.1) is 5.41 Å². The Morgan fingerprint density at radius 3 is 2.26 bits per heavy atom. The molecule has 1 atom stereocenters. The maximum absolute atomic E-state index is 12.2. The quantitative estimate of drug-likeness (QED) is 0.782. The molecular formula is C13H21NO5. The third-order valence-corrected chi connectivity index (χ3v) is 3.70. The third kappa shape index (κ3) is 2.41. The number of carbonyl (C=O) groups excluding carboxylic acids is 1. The maximum Gasteiger partial charge on any atom is 0.411 e. The molecule has 2 rings (SSSR count). The molecule has 6 nitrogen and oxygen atoms in total. The Kier molecular flexibility index (Phi) is 3.04. The summed E-state index contributed by atoms with van der Waals surface area (Å²) in [5, 5.41) is 9.45. The van der Waals surface area contributed by atoms with E-state index in [1.165, 1.54) is 4.90 Å². The number of hydrogen-bond acceptors (Lipinski definition) is 4. The Balaban J connectivity index is 2.21. The second-order valence-corrected chi connectivity index (χ2v) is 6.82. The molecule has 0 bridgehead atoms. The maximum atomic E-state index is 12.2. The molecule has 0 radical (unpaired) electrons. The van der Waals surface area contributed by atoms with Gasteiger partial charge in [0.2, 0.25) is 0 Å². The molecule has 2 saturated heterocycles. The summed E-state index contributed by atoms with van der Waals surface area (Å²) >= 11 is 0. The first kappa shape index (κ1) is 14.1. The van der Waals surface area contributed by atoms with Crippen LogP contribution in [0.15, 0.2) is 0 Å². The van der Waals surface area contributed by atoms with Gasteiger partial charge in [0, 0.05) is 12.0 Å². The van der Waals surface area contributed by atoms with Crippen molar-refractivity contribution in [2.75, 3.05) is 19.8 Å². The molecule has 2 heterocycles. The molecule has 19 heavy (non-hydrogen) atoms. The van der Waals surface area contributed by atoms with Gasteiger partial charge < -0.3 is 14.6 Å². The molecule has 6 heteroatoms. The van der Waals surface area contributed by atoms with E-state index in [-0.39, 0.29) is 5.41 Å². The second kappa shape index (κ2) is 4.10. The van der Waals surface area contributed by atoms with Crippen LogP contribution in [-0.2, 0) is 14.3 Å². The minimum Gasteiger partial charge on any atom is -0.480 e. The fourth-order valence-corrected chi connectivity index (χ4v) is 2.75. The summed E-state index contributed by atoms with van der Waals surface area (Å²) in [7, 11) is 0. The highest BCUT2D eigenvalue weighted by Gasteiger charge is 2.60. The zero-order valence-electron chi connectivity index (χ0n) is 11.9. The van der Waals surface area contributed by atoms with Crippen LogP contribution < -0.4 is 0 Å². The highest BCUT2D eigenvalue weighted by Crippen LogP contribution is 2.46. The summed E-state index contributed by atoms with van der Waals surface area (Å²) in [4.78, 5) is 25.1. The van der Waals surface area contributed by atoms with E-state index < -0.39 is 23.2 Å². The first-order valence-corrected chi connectivity index (χ1v) is 6.40. The van der Waals surface area contributed by atoms with Crippen LogP contribution >= 0.6 is 0 Å². The summed E-state index contributed by atoms with van der Waals surface area (Å²) in [5.74, 6) is -0.998. The number of hydrogen-bond donors (Lipinski definition) is 1. The van der Waals surface area contributed by atoms with Crippen molar-refractivity contribution >= 4 is 12.1 Å². The van der Waals surface area contributed by atoms with Crippen molar-refractivity contribution in [3.63, 3.8) is 0 Å². The zero-order chi connectivity index (χ0) is 14.5. The van der Waals surface area contributed by atoms with E-state index in [9.17, 15) is 14.7 Å². The van der Waals surface area contributed by atoms with Crippen molar-refractivity contribution in [1.82, 2.24) is 4.90 Å². The van der Waals surface area contributed by atoms with Crippen LogP contribution in [0.25, 0.3) is 0 Å². The Hall–Kier alpha value is -1.30. The molecule has 0 aromatic heterocycles. The summed E-state index contributed by atoms with van der Waals surface area (Å²) in [6, 6.07) is 0. The van der Waals surface area contributed by atoms with Crippen molar-refractivity contribution in [1.29, 1.82) is 0 Å².